The van der Waals surface area contributed by atoms with Gasteiger partial charge in [0.1, 0.15) is 5.41 Å². The molecule has 2 heterocycles. The number of amides is 2. The quantitative estimate of drug-likeness (QED) is 0.771. The van der Waals surface area contributed by atoms with Gasteiger partial charge in [-0.1, -0.05) is 6.07 Å². The van der Waals surface area contributed by atoms with Crippen LogP contribution in [0.5, 0.6) is 0 Å². The predicted molar refractivity (Wildman–Crippen MR) is 106 cm³/mol. The van der Waals surface area contributed by atoms with Crippen molar-refractivity contribution in [2.45, 2.75) is 33.2 Å². The van der Waals surface area contributed by atoms with Crippen LogP contribution in [0.15, 0.2) is 48.7 Å². The summed E-state index contributed by atoms with van der Waals surface area (Å²) >= 11 is 0. The standard InChI is InChI=1S/C21H26N4O2/c1-21(2,19(26)23-15-17-7-3-4-12-22-17)20(27)24-16-8-10-18(11-9-16)25-13-5-6-14-25/h3-4,7-12H,5-6,13-15H2,1-2H3,(H,23,26)(H,24,27). The van der Waals surface area contributed by atoms with E-state index in [1.807, 2.05) is 42.5 Å². The van der Waals surface area contributed by atoms with Gasteiger partial charge in [0.05, 0.1) is 12.2 Å². The second-order valence-electron chi connectivity index (χ2n) is 7.32. The maximum Gasteiger partial charge on any atom is 0.239 e. The van der Waals surface area contributed by atoms with Crippen LogP contribution in [0.3, 0.4) is 0 Å². The van der Waals surface area contributed by atoms with Crippen molar-refractivity contribution in [3.8, 4) is 0 Å². The first-order valence-electron chi connectivity index (χ1n) is 9.31. The van der Waals surface area contributed by atoms with Gasteiger partial charge in [0.25, 0.3) is 0 Å². The molecule has 1 aliphatic rings. The van der Waals surface area contributed by atoms with E-state index in [1.54, 1.807) is 20.0 Å². The van der Waals surface area contributed by atoms with Crippen molar-refractivity contribution in [2.75, 3.05) is 23.3 Å². The Morgan fingerprint density at radius 3 is 2.37 bits per heavy atom. The van der Waals surface area contributed by atoms with Crippen molar-refractivity contribution < 1.29 is 9.59 Å². The van der Waals surface area contributed by atoms with Crippen LogP contribution in [-0.4, -0.2) is 29.9 Å². The van der Waals surface area contributed by atoms with E-state index in [9.17, 15) is 9.59 Å². The number of anilines is 2. The lowest BCUT2D eigenvalue weighted by Gasteiger charge is -2.23. The van der Waals surface area contributed by atoms with E-state index < -0.39 is 5.41 Å². The number of pyridine rings is 1. The third-order valence-electron chi connectivity index (χ3n) is 4.89. The molecule has 0 unspecified atom stereocenters. The fourth-order valence-corrected chi connectivity index (χ4v) is 3.02. The minimum Gasteiger partial charge on any atom is -0.372 e. The molecule has 0 radical (unpaired) electrons. The summed E-state index contributed by atoms with van der Waals surface area (Å²) in [5.41, 5.74) is 1.41. The molecule has 142 valence electrons. The van der Waals surface area contributed by atoms with Gasteiger partial charge < -0.3 is 15.5 Å². The Balaban J connectivity index is 1.57. The van der Waals surface area contributed by atoms with E-state index in [0.29, 0.717) is 12.2 Å². The first-order chi connectivity index (χ1) is 13.0. The monoisotopic (exact) mass is 366 g/mol. The molecular formula is C21H26N4O2. The first kappa shape index (κ1) is 18.9. The summed E-state index contributed by atoms with van der Waals surface area (Å²) in [5, 5.41) is 5.63. The Morgan fingerprint density at radius 1 is 1.04 bits per heavy atom. The Labute approximate surface area is 160 Å². The molecule has 1 aromatic carbocycles. The molecule has 2 aromatic rings. The Hall–Kier alpha value is -2.89. The Bertz CT molecular complexity index is 782. The highest BCUT2D eigenvalue weighted by Gasteiger charge is 2.36. The number of nitrogens with one attached hydrogen (secondary N) is 2. The number of aromatic nitrogens is 1. The zero-order chi connectivity index (χ0) is 19.3. The minimum atomic E-state index is -1.19. The number of nitrogens with zero attached hydrogens (tertiary/aromatic N) is 2. The van der Waals surface area contributed by atoms with Gasteiger partial charge in [-0.2, -0.15) is 0 Å². The highest BCUT2D eigenvalue weighted by molar-refractivity contribution is 6.09. The largest absolute Gasteiger partial charge is 0.372 e. The lowest BCUT2D eigenvalue weighted by atomic mass is 9.91. The molecule has 1 saturated heterocycles. The van der Waals surface area contributed by atoms with Crippen LogP contribution >= 0.6 is 0 Å². The molecule has 3 rings (SSSR count). The summed E-state index contributed by atoms with van der Waals surface area (Å²) in [4.78, 5) is 31.6. The highest BCUT2D eigenvalue weighted by Crippen LogP contribution is 2.24. The fraction of sp³-hybridized carbons (Fsp3) is 0.381. The summed E-state index contributed by atoms with van der Waals surface area (Å²) in [6.45, 7) is 5.69. The molecule has 1 fully saturated rings. The van der Waals surface area contributed by atoms with Crippen LogP contribution in [0.1, 0.15) is 32.4 Å². The Kier molecular flexibility index (Phi) is 5.74. The van der Waals surface area contributed by atoms with Crippen LogP contribution < -0.4 is 15.5 Å². The van der Waals surface area contributed by atoms with Crippen LogP contribution in [0.2, 0.25) is 0 Å². The van der Waals surface area contributed by atoms with Crippen molar-refractivity contribution in [2.24, 2.45) is 5.41 Å². The second kappa shape index (κ2) is 8.20. The molecule has 27 heavy (non-hydrogen) atoms. The smallest absolute Gasteiger partial charge is 0.239 e. The number of carbonyl (C=O) groups excluding carboxylic acids is 2. The third-order valence-corrected chi connectivity index (χ3v) is 4.89. The van der Waals surface area contributed by atoms with E-state index >= 15 is 0 Å². The van der Waals surface area contributed by atoms with Crippen LogP contribution in [0.25, 0.3) is 0 Å². The number of carbonyl (C=O) groups is 2. The zero-order valence-corrected chi connectivity index (χ0v) is 15.9. The van der Waals surface area contributed by atoms with Crippen LogP contribution in [0.4, 0.5) is 11.4 Å². The molecule has 0 spiro atoms. The van der Waals surface area contributed by atoms with Gasteiger partial charge >= 0.3 is 0 Å². The summed E-state index contributed by atoms with van der Waals surface area (Å²) in [7, 11) is 0. The van der Waals surface area contributed by atoms with E-state index in [2.05, 4.69) is 20.5 Å². The second-order valence-corrected chi connectivity index (χ2v) is 7.32. The van der Waals surface area contributed by atoms with Gasteiger partial charge in [0.2, 0.25) is 11.8 Å². The zero-order valence-electron chi connectivity index (χ0n) is 15.9. The molecule has 6 heteroatoms. The van der Waals surface area contributed by atoms with Gasteiger partial charge in [-0.25, -0.2) is 0 Å². The minimum absolute atomic E-state index is 0.293. The van der Waals surface area contributed by atoms with E-state index in [1.165, 1.54) is 12.8 Å². The van der Waals surface area contributed by atoms with Gasteiger partial charge in [-0.05, 0) is 63.1 Å². The first-order valence-corrected chi connectivity index (χ1v) is 9.31. The van der Waals surface area contributed by atoms with Gasteiger partial charge in [-0.15, -0.1) is 0 Å². The molecule has 2 N–H and O–H groups in total. The van der Waals surface area contributed by atoms with Crippen LogP contribution in [-0.2, 0) is 16.1 Å². The molecule has 1 aliphatic heterocycles. The fourth-order valence-electron chi connectivity index (χ4n) is 3.02. The SMILES string of the molecule is CC(C)(C(=O)NCc1ccccn1)C(=O)Nc1ccc(N2CCCC2)cc1. The van der Waals surface area contributed by atoms with Crippen molar-refractivity contribution in [1.82, 2.24) is 10.3 Å². The summed E-state index contributed by atoms with van der Waals surface area (Å²) < 4.78 is 0. The maximum absolute atomic E-state index is 12.6. The molecule has 1 aromatic heterocycles. The van der Waals surface area contributed by atoms with Crippen molar-refractivity contribution >= 4 is 23.2 Å². The lowest BCUT2D eigenvalue weighted by molar-refractivity contribution is -0.138. The van der Waals surface area contributed by atoms with Gasteiger partial charge in [0.15, 0.2) is 0 Å². The molecule has 0 bridgehead atoms. The van der Waals surface area contributed by atoms with Crippen molar-refractivity contribution in [3.05, 3.63) is 54.4 Å². The number of hydrogen-bond donors (Lipinski definition) is 2. The normalized spacial score (nSPS) is 14.1. The number of hydrogen-bond acceptors (Lipinski definition) is 4. The number of benzene rings is 1. The Morgan fingerprint density at radius 2 is 1.74 bits per heavy atom. The highest BCUT2D eigenvalue weighted by atomic mass is 16.2. The van der Waals surface area contributed by atoms with E-state index in [0.717, 1.165) is 24.5 Å². The molecular weight excluding hydrogens is 340 g/mol. The molecule has 0 saturated carbocycles. The topological polar surface area (TPSA) is 74.3 Å². The predicted octanol–water partition coefficient (Wildman–Crippen LogP) is 2.96. The van der Waals surface area contributed by atoms with E-state index in [4.69, 9.17) is 0 Å². The number of rotatable bonds is 6. The molecule has 2 amide bonds. The average Bonchev–Trinajstić information content (AvgIpc) is 3.22. The van der Waals surface area contributed by atoms with Gasteiger partial charge in [-0.3, -0.25) is 14.6 Å². The summed E-state index contributed by atoms with van der Waals surface area (Å²) in [6, 6.07) is 13.3. The molecule has 0 aliphatic carbocycles. The van der Waals surface area contributed by atoms with Crippen molar-refractivity contribution in [1.29, 1.82) is 0 Å². The maximum atomic E-state index is 12.6. The van der Waals surface area contributed by atoms with Crippen LogP contribution in [0, 0.1) is 5.41 Å². The third kappa shape index (κ3) is 4.64. The van der Waals surface area contributed by atoms with E-state index in [-0.39, 0.29) is 11.8 Å². The summed E-state index contributed by atoms with van der Waals surface area (Å²) in [5.74, 6) is -0.672. The molecule has 6 nitrogen and oxygen atoms in total. The average molecular weight is 366 g/mol. The summed E-state index contributed by atoms with van der Waals surface area (Å²) in [6.07, 6.45) is 4.12. The lowest BCUT2D eigenvalue weighted by Crippen LogP contribution is -2.44. The molecule has 0 atom stereocenters. The van der Waals surface area contributed by atoms with Gasteiger partial charge in [0, 0.05) is 30.7 Å². The van der Waals surface area contributed by atoms with Crippen molar-refractivity contribution in [3.63, 3.8) is 0 Å².